The Morgan fingerprint density at radius 3 is 2.82 bits per heavy atom. The van der Waals surface area contributed by atoms with Gasteiger partial charge in [-0.05, 0) is 16.3 Å². The average Bonchev–Trinajstić information content (AvgIpc) is 3.15. The van der Waals surface area contributed by atoms with Crippen molar-refractivity contribution < 1.29 is 9.53 Å². The Labute approximate surface area is 169 Å². The molecular weight excluding hydrogens is 370 g/mol. The number of aromatic nitrogens is 1. The number of nitrogens with zero attached hydrogens (tertiary/aromatic N) is 3. The summed E-state index contributed by atoms with van der Waals surface area (Å²) in [4.78, 5) is 21.6. The molecule has 0 bridgehead atoms. The predicted molar refractivity (Wildman–Crippen MR) is 112 cm³/mol. The normalized spacial score (nSPS) is 15.0. The zero-order valence-corrected chi connectivity index (χ0v) is 17.0. The molecule has 5 nitrogen and oxygen atoms in total. The SMILES string of the molecule is CN(Cc1csc(CN2CCOCC2)n1)C(=O)Cc1cccc2ccccc12. The fraction of sp³-hybridized carbons (Fsp3) is 0.364. The molecule has 0 spiro atoms. The number of likely N-dealkylation sites (N-methyl/N-ethyl adjacent to an activating group) is 1. The molecule has 6 heteroatoms. The van der Waals surface area contributed by atoms with E-state index in [4.69, 9.17) is 9.72 Å². The predicted octanol–water partition coefficient (Wildman–Crippen LogP) is 3.33. The van der Waals surface area contributed by atoms with Gasteiger partial charge >= 0.3 is 0 Å². The Balaban J connectivity index is 1.36. The number of rotatable bonds is 6. The first kappa shape index (κ1) is 19.1. The standard InChI is InChI=1S/C22H25N3O2S/c1-24(14-19-16-28-21(23-19)15-25-9-11-27-12-10-25)22(26)13-18-7-4-6-17-5-2-3-8-20(17)18/h2-8,16H,9-15H2,1H3. The summed E-state index contributed by atoms with van der Waals surface area (Å²) in [5, 5.41) is 5.49. The first-order valence-electron chi connectivity index (χ1n) is 9.63. The fourth-order valence-electron chi connectivity index (χ4n) is 3.52. The van der Waals surface area contributed by atoms with Crippen LogP contribution in [0.1, 0.15) is 16.3 Å². The minimum atomic E-state index is 0.110. The van der Waals surface area contributed by atoms with Gasteiger partial charge in [0.05, 0.1) is 38.4 Å². The van der Waals surface area contributed by atoms with Gasteiger partial charge in [0, 0.05) is 25.5 Å². The highest BCUT2D eigenvalue weighted by atomic mass is 32.1. The number of benzene rings is 2. The van der Waals surface area contributed by atoms with E-state index >= 15 is 0 Å². The molecule has 1 aliphatic rings. The highest BCUT2D eigenvalue weighted by Gasteiger charge is 2.16. The molecule has 0 radical (unpaired) electrons. The summed E-state index contributed by atoms with van der Waals surface area (Å²) in [6.45, 7) is 4.91. The summed E-state index contributed by atoms with van der Waals surface area (Å²) in [6.07, 6.45) is 0.405. The van der Waals surface area contributed by atoms with Gasteiger partial charge in [0.15, 0.2) is 0 Å². The van der Waals surface area contributed by atoms with E-state index in [1.165, 1.54) is 5.39 Å². The van der Waals surface area contributed by atoms with Gasteiger partial charge in [-0.3, -0.25) is 9.69 Å². The fourth-order valence-corrected chi connectivity index (χ4v) is 4.35. The molecule has 146 valence electrons. The summed E-state index contributed by atoms with van der Waals surface area (Å²) in [6, 6.07) is 14.3. The van der Waals surface area contributed by atoms with Gasteiger partial charge in [0.1, 0.15) is 5.01 Å². The number of ether oxygens (including phenoxy) is 1. The Bertz CT molecular complexity index is 944. The van der Waals surface area contributed by atoms with Gasteiger partial charge in [-0.25, -0.2) is 4.98 Å². The molecular formula is C22H25N3O2S. The Morgan fingerprint density at radius 1 is 1.18 bits per heavy atom. The lowest BCUT2D eigenvalue weighted by molar-refractivity contribution is -0.129. The Hall–Kier alpha value is -2.28. The van der Waals surface area contributed by atoms with E-state index in [2.05, 4.69) is 28.5 Å². The number of hydrogen-bond acceptors (Lipinski definition) is 5. The molecule has 0 unspecified atom stereocenters. The Morgan fingerprint density at radius 2 is 1.96 bits per heavy atom. The second kappa shape index (κ2) is 8.82. The van der Waals surface area contributed by atoms with Crippen LogP contribution in [0.4, 0.5) is 0 Å². The molecule has 0 saturated carbocycles. The maximum absolute atomic E-state index is 12.8. The summed E-state index contributed by atoms with van der Waals surface area (Å²) in [5.74, 6) is 0.110. The van der Waals surface area contributed by atoms with Crippen LogP contribution in [-0.4, -0.2) is 54.0 Å². The minimum Gasteiger partial charge on any atom is -0.379 e. The number of morpholine rings is 1. The van der Waals surface area contributed by atoms with Crippen molar-refractivity contribution in [3.05, 3.63) is 64.1 Å². The molecule has 0 aliphatic carbocycles. The largest absolute Gasteiger partial charge is 0.379 e. The van der Waals surface area contributed by atoms with Crippen LogP contribution in [0.3, 0.4) is 0 Å². The molecule has 0 atom stereocenters. The molecule has 2 aromatic carbocycles. The third-order valence-electron chi connectivity index (χ3n) is 5.11. The highest BCUT2D eigenvalue weighted by Crippen LogP contribution is 2.20. The molecule has 1 aromatic heterocycles. The van der Waals surface area contributed by atoms with Gasteiger partial charge in [0.2, 0.25) is 5.91 Å². The molecule has 4 rings (SSSR count). The number of carbonyl (C=O) groups excluding carboxylic acids is 1. The van der Waals surface area contributed by atoms with Crippen molar-refractivity contribution in [3.63, 3.8) is 0 Å². The van der Waals surface area contributed by atoms with E-state index < -0.39 is 0 Å². The van der Waals surface area contributed by atoms with Crippen molar-refractivity contribution in [2.75, 3.05) is 33.4 Å². The first-order valence-corrected chi connectivity index (χ1v) is 10.5. The van der Waals surface area contributed by atoms with Crippen molar-refractivity contribution in [2.24, 2.45) is 0 Å². The number of amides is 1. The number of carbonyl (C=O) groups is 1. The minimum absolute atomic E-state index is 0.110. The van der Waals surface area contributed by atoms with Gasteiger partial charge in [-0.1, -0.05) is 42.5 Å². The molecule has 1 aliphatic heterocycles. The van der Waals surface area contributed by atoms with Crippen molar-refractivity contribution in [3.8, 4) is 0 Å². The maximum Gasteiger partial charge on any atom is 0.227 e. The Kier molecular flexibility index (Phi) is 6.00. The highest BCUT2D eigenvalue weighted by molar-refractivity contribution is 7.09. The van der Waals surface area contributed by atoms with E-state index in [1.54, 1.807) is 16.2 Å². The quantitative estimate of drug-likeness (QED) is 0.642. The molecule has 28 heavy (non-hydrogen) atoms. The average molecular weight is 396 g/mol. The molecule has 1 fully saturated rings. The number of fused-ring (bicyclic) bond motifs is 1. The topological polar surface area (TPSA) is 45.7 Å². The lowest BCUT2D eigenvalue weighted by Gasteiger charge is -2.25. The van der Waals surface area contributed by atoms with Crippen LogP contribution in [0.5, 0.6) is 0 Å². The van der Waals surface area contributed by atoms with E-state index in [1.807, 2.05) is 31.3 Å². The van der Waals surface area contributed by atoms with Crippen LogP contribution in [0.2, 0.25) is 0 Å². The summed E-state index contributed by atoms with van der Waals surface area (Å²) >= 11 is 1.67. The molecule has 3 aromatic rings. The summed E-state index contributed by atoms with van der Waals surface area (Å²) in [7, 11) is 1.86. The second-order valence-corrected chi connectivity index (χ2v) is 8.13. The van der Waals surface area contributed by atoms with Gasteiger partial charge in [0.25, 0.3) is 0 Å². The zero-order valence-electron chi connectivity index (χ0n) is 16.1. The van der Waals surface area contributed by atoms with Crippen LogP contribution >= 0.6 is 11.3 Å². The van der Waals surface area contributed by atoms with Crippen LogP contribution < -0.4 is 0 Å². The number of thiazole rings is 1. The zero-order chi connectivity index (χ0) is 19.3. The third kappa shape index (κ3) is 4.58. The van der Waals surface area contributed by atoms with Crippen molar-refractivity contribution >= 4 is 28.0 Å². The van der Waals surface area contributed by atoms with Crippen molar-refractivity contribution in [2.45, 2.75) is 19.5 Å². The van der Waals surface area contributed by atoms with E-state index in [0.717, 1.165) is 54.5 Å². The monoisotopic (exact) mass is 395 g/mol. The summed E-state index contributed by atoms with van der Waals surface area (Å²) < 4.78 is 5.39. The summed E-state index contributed by atoms with van der Waals surface area (Å²) in [5.41, 5.74) is 2.03. The first-order chi connectivity index (χ1) is 13.7. The third-order valence-corrected chi connectivity index (χ3v) is 5.99. The molecule has 1 saturated heterocycles. The van der Waals surface area contributed by atoms with Crippen LogP contribution in [0, 0.1) is 0 Å². The van der Waals surface area contributed by atoms with Gasteiger partial charge in [-0.2, -0.15) is 0 Å². The number of hydrogen-bond donors (Lipinski definition) is 0. The van der Waals surface area contributed by atoms with E-state index in [0.29, 0.717) is 13.0 Å². The van der Waals surface area contributed by atoms with Crippen LogP contribution in [-0.2, 0) is 29.0 Å². The van der Waals surface area contributed by atoms with Crippen molar-refractivity contribution in [1.29, 1.82) is 0 Å². The van der Waals surface area contributed by atoms with Crippen molar-refractivity contribution in [1.82, 2.24) is 14.8 Å². The van der Waals surface area contributed by atoms with E-state index in [9.17, 15) is 4.79 Å². The molecule has 0 N–H and O–H groups in total. The molecule has 1 amide bonds. The van der Waals surface area contributed by atoms with Crippen LogP contribution in [0.25, 0.3) is 10.8 Å². The van der Waals surface area contributed by atoms with E-state index in [-0.39, 0.29) is 5.91 Å². The lowest BCUT2D eigenvalue weighted by Crippen LogP contribution is -2.35. The lowest BCUT2D eigenvalue weighted by atomic mass is 10.0. The van der Waals surface area contributed by atoms with Crippen LogP contribution in [0.15, 0.2) is 47.8 Å². The second-order valence-electron chi connectivity index (χ2n) is 7.19. The molecule has 2 heterocycles. The maximum atomic E-state index is 12.8. The smallest absolute Gasteiger partial charge is 0.227 e. The van der Waals surface area contributed by atoms with Gasteiger partial charge < -0.3 is 9.64 Å². The van der Waals surface area contributed by atoms with Gasteiger partial charge in [-0.15, -0.1) is 11.3 Å².